The number of aryl methyl sites for hydroxylation is 2. The molecule has 1 aliphatic carbocycles. The molecule has 0 spiro atoms. The van der Waals surface area contributed by atoms with Crippen LogP contribution in [-0.4, -0.2) is 42.0 Å². The van der Waals surface area contributed by atoms with Crippen molar-refractivity contribution in [2.45, 2.75) is 25.8 Å². The van der Waals surface area contributed by atoms with E-state index in [0.717, 1.165) is 31.3 Å². The molecule has 0 bridgehead atoms. The number of nitrogens with zero attached hydrogens (tertiary/aromatic N) is 4. The van der Waals surface area contributed by atoms with E-state index in [-0.39, 0.29) is 0 Å². The molecule has 2 aliphatic rings. The molecular formula is C18H23N5S. The first-order valence-electron chi connectivity index (χ1n) is 8.59. The minimum Gasteiger partial charge on any atom is -0.370 e. The van der Waals surface area contributed by atoms with Crippen molar-refractivity contribution < 1.29 is 0 Å². The minimum absolute atomic E-state index is 0.661. The van der Waals surface area contributed by atoms with Gasteiger partial charge in [0.15, 0.2) is 11.1 Å². The molecule has 1 aliphatic heterocycles. The van der Waals surface area contributed by atoms with E-state index in [9.17, 15) is 0 Å². The van der Waals surface area contributed by atoms with Gasteiger partial charge in [0.2, 0.25) is 0 Å². The zero-order chi connectivity index (χ0) is 16.4. The second-order valence-electron chi connectivity index (χ2n) is 6.42. The van der Waals surface area contributed by atoms with E-state index in [0.29, 0.717) is 12.5 Å². The molecule has 0 radical (unpaired) electrons. The molecule has 0 atom stereocenters. The topological polar surface area (TPSA) is 57.8 Å². The van der Waals surface area contributed by atoms with Crippen LogP contribution in [0.25, 0.3) is 0 Å². The van der Waals surface area contributed by atoms with Crippen molar-refractivity contribution in [1.29, 1.82) is 0 Å². The fourth-order valence-electron chi connectivity index (χ4n) is 3.49. The van der Waals surface area contributed by atoms with Gasteiger partial charge in [-0.15, -0.1) is 11.3 Å². The Morgan fingerprint density at radius 1 is 1.17 bits per heavy atom. The van der Waals surface area contributed by atoms with Gasteiger partial charge >= 0.3 is 0 Å². The number of thiazole rings is 1. The van der Waals surface area contributed by atoms with Gasteiger partial charge in [-0.3, -0.25) is 0 Å². The maximum absolute atomic E-state index is 6.22. The Morgan fingerprint density at radius 3 is 2.79 bits per heavy atom. The third kappa shape index (κ3) is 3.24. The molecule has 1 aromatic carbocycles. The zero-order valence-electron chi connectivity index (χ0n) is 13.8. The number of rotatable bonds is 3. The molecular weight excluding hydrogens is 318 g/mol. The molecule has 1 aromatic heterocycles. The molecule has 2 aromatic rings. The minimum atomic E-state index is 0.661. The quantitative estimate of drug-likeness (QED) is 0.687. The Morgan fingerprint density at radius 2 is 2.00 bits per heavy atom. The van der Waals surface area contributed by atoms with Crippen LogP contribution in [-0.2, 0) is 19.4 Å². The first-order chi connectivity index (χ1) is 11.8. The Bertz CT molecular complexity index is 717. The van der Waals surface area contributed by atoms with Crippen LogP contribution in [0, 0.1) is 0 Å². The normalized spacial score (nSPS) is 18.1. The highest BCUT2D eigenvalue weighted by Gasteiger charge is 2.19. The average Bonchev–Trinajstić information content (AvgIpc) is 3.31. The molecule has 0 amide bonds. The maximum atomic E-state index is 6.22. The van der Waals surface area contributed by atoms with Crippen LogP contribution in [0.4, 0.5) is 5.13 Å². The lowest BCUT2D eigenvalue weighted by Gasteiger charge is -2.35. The number of fused-ring (bicyclic) bond motifs is 1. The highest BCUT2D eigenvalue weighted by atomic mass is 32.1. The van der Waals surface area contributed by atoms with Crippen LogP contribution < -0.4 is 10.6 Å². The number of nitrogens with two attached hydrogens (primary N) is 1. The van der Waals surface area contributed by atoms with Crippen LogP contribution in [0.2, 0.25) is 0 Å². The number of benzene rings is 1. The monoisotopic (exact) mass is 341 g/mol. The second kappa shape index (κ2) is 6.81. The largest absolute Gasteiger partial charge is 0.370 e. The number of guanidine groups is 1. The summed E-state index contributed by atoms with van der Waals surface area (Å²) >= 11 is 1.69. The van der Waals surface area contributed by atoms with Gasteiger partial charge in [0.25, 0.3) is 0 Å². The summed E-state index contributed by atoms with van der Waals surface area (Å²) in [5.74, 6) is 0.661. The summed E-state index contributed by atoms with van der Waals surface area (Å²) in [6, 6.07) is 6.76. The standard InChI is InChI=1S/C18H23N5S/c19-17(21-13-14-4-5-15-2-1-3-16(15)12-14)22-7-9-23(10-8-22)18-20-6-11-24-18/h4-6,11-12H,1-3,7-10,13H2,(H2,19,21). The first-order valence-corrected chi connectivity index (χ1v) is 9.47. The number of anilines is 1. The predicted octanol–water partition coefficient (Wildman–Crippen LogP) is 2.27. The zero-order valence-corrected chi connectivity index (χ0v) is 14.6. The molecule has 1 fully saturated rings. The van der Waals surface area contributed by atoms with Gasteiger partial charge in [-0.05, 0) is 36.0 Å². The lowest BCUT2D eigenvalue weighted by Crippen LogP contribution is -2.51. The van der Waals surface area contributed by atoms with Gasteiger partial charge in [-0.25, -0.2) is 9.98 Å². The third-order valence-electron chi connectivity index (χ3n) is 4.88. The number of hydrogen-bond acceptors (Lipinski definition) is 4. The molecule has 24 heavy (non-hydrogen) atoms. The molecule has 0 unspecified atom stereocenters. The Balaban J connectivity index is 1.34. The fraction of sp³-hybridized carbons (Fsp3) is 0.444. The molecule has 2 N–H and O–H groups in total. The van der Waals surface area contributed by atoms with E-state index in [2.05, 4.69) is 38.0 Å². The summed E-state index contributed by atoms with van der Waals surface area (Å²) in [6.45, 7) is 4.37. The number of piperazine rings is 1. The number of aromatic nitrogens is 1. The smallest absolute Gasteiger partial charge is 0.191 e. The molecule has 6 heteroatoms. The van der Waals surface area contributed by atoms with Gasteiger partial charge in [-0.1, -0.05) is 18.2 Å². The first kappa shape index (κ1) is 15.4. The van der Waals surface area contributed by atoms with Gasteiger partial charge in [0.05, 0.1) is 6.54 Å². The molecule has 2 heterocycles. The SMILES string of the molecule is NC(=NCc1ccc2c(c1)CCC2)N1CCN(c2nccs2)CC1. The van der Waals surface area contributed by atoms with Crippen LogP contribution in [0.15, 0.2) is 34.8 Å². The summed E-state index contributed by atoms with van der Waals surface area (Å²) in [7, 11) is 0. The second-order valence-corrected chi connectivity index (χ2v) is 7.29. The van der Waals surface area contributed by atoms with Crippen molar-refractivity contribution in [1.82, 2.24) is 9.88 Å². The molecule has 1 saturated heterocycles. The summed E-state index contributed by atoms with van der Waals surface area (Å²) in [6.07, 6.45) is 5.58. The summed E-state index contributed by atoms with van der Waals surface area (Å²) in [4.78, 5) is 13.5. The Kier molecular flexibility index (Phi) is 4.38. The van der Waals surface area contributed by atoms with Gasteiger partial charge in [-0.2, -0.15) is 0 Å². The van der Waals surface area contributed by atoms with E-state index in [4.69, 9.17) is 5.73 Å². The van der Waals surface area contributed by atoms with Gasteiger partial charge < -0.3 is 15.5 Å². The highest BCUT2D eigenvalue weighted by Crippen LogP contribution is 2.23. The lowest BCUT2D eigenvalue weighted by molar-refractivity contribution is 0.380. The summed E-state index contributed by atoms with van der Waals surface area (Å²) in [5, 5.41) is 3.12. The molecule has 0 saturated carbocycles. The highest BCUT2D eigenvalue weighted by molar-refractivity contribution is 7.13. The van der Waals surface area contributed by atoms with Crippen molar-refractivity contribution in [3.05, 3.63) is 46.5 Å². The van der Waals surface area contributed by atoms with E-state index >= 15 is 0 Å². The van der Waals surface area contributed by atoms with Crippen molar-refractivity contribution in [3.63, 3.8) is 0 Å². The van der Waals surface area contributed by atoms with Gasteiger partial charge in [0.1, 0.15) is 0 Å². The Labute approximate surface area is 146 Å². The van der Waals surface area contributed by atoms with Crippen LogP contribution in [0.1, 0.15) is 23.1 Å². The molecule has 126 valence electrons. The average molecular weight is 341 g/mol. The molecule has 5 nitrogen and oxygen atoms in total. The Hall–Kier alpha value is -2.08. The number of hydrogen-bond donors (Lipinski definition) is 1. The fourth-order valence-corrected chi connectivity index (χ4v) is 4.19. The summed E-state index contributed by atoms with van der Waals surface area (Å²) < 4.78 is 0. The van der Waals surface area contributed by atoms with Crippen molar-refractivity contribution >= 4 is 22.4 Å². The number of aliphatic imine (C=N–C) groups is 1. The van der Waals surface area contributed by atoms with E-state index in [1.807, 2.05) is 11.6 Å². The summed E-state index contributed by atoms with van der Waals surface area (Å²) in [5.41, 5.74) is 10.5. The van der Waals surface area contributed by atoms with E-state index in [1.54, 1.807) is 11.3 Å². The third-order valence-corrected chi connectivity index (χ3v) is 5.71. The van der Waals surface area contributed by atoms with E-state index in [1.165, 1.54) is 36.0 Å². The predicted molar refractivity (Wildman–Crippen MR) is 99.7 cm³/mol. The van der Waals surface area contributed by atoms with Crippen molar-refractivity contribution in [3.8, 4) is 0 Å². The lowest BCUT2D eigenvalue weighted by atomic mass is 10.1. The van der Waals surface area contributed by atoms with E-state index < -0.39 is 0 Å². The molecule has 4 rings (SSSR count). The van der Waals surface area contributed by atoms with Crippen LogP contribution in [0.5, 0.6) is 0 Å². The van der Waals surface area contributed by atoms with Gasteiger partial charge in [0, 0.05) is 37.8 Å². The van der Waals surface area contributed by atoms with Crippen molar-refractivity contribution in [2.24, 2.45) is 10.7 Å². The maximum Gasteiger partial charge on any atom is 0.191 e. The van der Waals surface area contributed by atoms with Crippen LogP contribution in [0.3, 0.4) is 0 Å². The van der Waals surface area contributed by atoms with Crippen molar-refractivity contribution in [2.75, 3.05) is 31.1 Å². The van der Waals surface area contributed by atoms with Crippen LogP contribution >= 0.6 is 11.3 Å².